The molecule has 6 aromatic rings. The molecule has 0 spiro atoms. The summed E-state index contributed by atoms with van der Waals surface area (Å²) in [6.07, 6.45) is 1.86. The number of hydrogen-bond donors (Lipinski definition) is 1. The van der Waals surface area contributed by atoms with E-state index in [1.807, 2.05) is 24.3 Å². The minimum Gasteiger partial charge on any atom is -0.507 e. The molecule has 1 heterocycles. The Labute approximate surface area is 242 Å². The summed E-state index contributed by atoms with van der Waals surface area (Å²) in [7, 11) is -0.755. The van der Waals surface area contributed by atoms with Gasteiger partial charge in [-0.1, -0.05) is 146 Å². The van der Waals surface area contributed by atoms with Gasteiger partial charge in [-0.15, -0.1) is 0 Å². The Morgan fingerprint density at radius 3 is 2.02 bits per heavy atom. The van der Waals surface area contributed by atoms with Crippen LogP contribution in [-0.4, -0.2) is 16.7 Å². The monoisotopic (exact) mass is 547 g/mol. The third-order valence-electron chi connectivity index (χ3n) is 8.26. The second-order valence-corrected chi connectivity index (χ2v) is 12.8. The first-order valence-electron chi connectivity index (χ1n) is 14.1. The van der Waals surface area contributed by atoms with E-state index < -0.39 is 13.3 Å². The minimum atomic E-state index is -0.755. The van der Waals surface area contributed by atoms with E-state index in [4.69, 9.17) is 4.99 Å². The lowest BCUT2D eigenvalue weighted by Crippen LogP contribution is -2.33. The van der Waals surface area contributed by atoms with Gasteiger partial charge in [0, 0.05) is 16.5 Å². The molecule has 0 aliphatic carbocycles. The van der Waals surface area contributed by atoms with Crippen molar-refractivity contribution in [3.05, 3.63) is 163 Å². The second-order valence-electron chi connectivity index (χ2n) is 10.5. The van der Waals surface area contributed by atoms with Crippen molar-refractivity contribution in [3.8, 4) is 16.9 Å². The van der Waals surface area contributed by atoms with Crippen molar-refractivity contribution >= 4 is 35.1 Å². The lowest BCUT2D eigenvalue weighted by molar-refractivity contribution is 0.460. The Hall–Kier alpha value is -4.52. The molecule has 41 heavy (non-hydrogen) atoms. The first-order valence-corrected chi connectivity index (χ1v) is 15.6. The number of aliphatic imine (C=N–C) groups is 1. The Kier molecular flexibility index (Phi) is 6.71. The fourth-order valence-corrected chi connectivity index (χ4v) is 9.16. The molecule has 6 aromatic carbocycles. The van der Waals surface area contributed by atoms with Gasteiger partial charge in [-0.3, -0.25) is 4.99 Å². The molecule has 7 rings (SSSR count). The maximum absolute atomic E-state index is 12.1. The third-order valence-corrected chi connectivity index (χ3v) is 10.8. The van der Waals surface area contributed by atoms with Crippen molar-refractivity contribution in [1.29, 1.82) is 0 Å². The van der Waals surface area contributed by atoms with Crippen LogP contribution in [0.4, 0.5) is 5.69 Å². The van der Waals surface area contributed by atoms with Crippen LogP contribution < -0.4 is 5.30 Å². The lowest BCUT2D eigenvalue weighted by atomic mass is 9.72. The fourth-order valence-electron chi connectivity index (χ4n) is 6.31. The number of aromatic hydroxyl groups is 1. The van der Waals surface area contributed by atoms with Crippen molar-refractivity contribution in [2.45, 2.75) is 11.8 Å². The average molecular weight is 548 g/mol. The maximum atomic E-state index is 12.1. The van der Waals surface area contributed by atoms with Crippen molar-refractivity contribution in [2.24, 2.45) is 4.99 Å². The summed E-state index contributed by atoms with van der Waals surface area (Å²) in [5.41, 5.74) is 5.48. The Morgan fingerprint density at radius 2 is 1.24 bits per heavy atom. The van der Waals surface area contributed by atoms with E-state index in [-0.39, 0.29) is 0 Å². The van der Waals surface area contributed by atoms with Crippen molar-refractivity contribution in [2.75, 3.05) is 6.16 Å². The summed E-state index contributed by atoms with van der Waals surface area (Å²) in [6, 6.07) is 52.7. The summed E-state index contributed by atoms with van der Waals surface area (Å²) in [5, 5.41) is 15.7. The number of hydrogen-bond acceptors (Lipinski definition) is 2. The van der Waals surface area contributed by atoms with Crippen molar-refractivity contribution < 1.29 is 5.11 Å². The fraction of sp³-hybridized carbons (Fsp3) is 0.0789. The number of rotatable bonds is 5. The van der Waals surface area contributed by atoms with E-state index in [0.29, 0.717) is 5.75 Å². The third kappa shape index (κ3) is 4.46. The van der Waals surface area contributed by atoms with Crippen molar-refractivity contribution in [3.63, 3.8) is 0 Å². The SMILES string of the molecule is Oc1c(-c2ccccc2)cccc1C1(c2ccccc2)CCP(c2ccccc2)C1=Nc1cccc2ccccc12. The highest BCUT2D eigenvalue weighted by atomic mass is 31.1. The summed E-state index contributed by atoms with van der Waals surface area (Å²) >= 11 is 0. The molecule has 2 atom stereocenters. The minimum absolute atomic E-state index is 0.332. The molecule has 1 fully saturated rings. The van der Waals surface area contributed by atoms with Gasteiger partial charge in [0.2, 0.25) is 0 Å². The predicted molar refractivity (Wildman–Crippen MR) is 174 cm³/mol. The average Bonchev–Trinajstić information content (AvgIpc) is 3.42. The first kappa shape index (κ1) is 25.4. The predicted octanol–water partition coefficient (Wildman–Crippen LogP) is 9.44. The molecule has 1 aliphatic rings. The number of para-hydroxylation sites is 1. The topological polar surface area (TPSA) is 32.6 Å². The molecule has 3 heteroatoms. The first-order chi connectivity index (χ1) is 20.3. The number of nitrogens with zero attached hydrogens (tertiary/aromatic N) is 1. The van der Waals surface area contributed by atoms with Crippen LogP contribution >= 0.6 is 7.92 Å². The molecule has 2 unspecified atom stereocenters. The van der Waals surface area contributed by atoms with Crippen molar-refractivity contribution in [1.82, 2.24) is 0 Å². The van der Waals surface area contributed by atoms with E-state index >= 15 is 0 Å². The zero-order valence-electron chi connectivity index (χ0n) is 22.7. The smallest absolute Gasteiger partial charge is 0.127 e. The highest BCUT2D eigenvalue weighted by Gasteiger charge is 2.50. The van der Waals surface area contributed by atoms with Gasteiger partial charge >= 0.3 is 0 Å². The second kappa shape index (κ2) is 10.8. The molecule has 0 amide bonds. The Balaban J connectivity index is 1.54. The standard InChI is InChI=1S/C38H30NOP/c40-36-33(29-14-4-1-5-15-29)23-13-24-34(36)38(30-18-6-2-7-19-30)26-27-41(31-20-8-3-9-21-31)37(38)39-35-25-12-17-28-16-10-11-22-32(28)35/h1-25,40H,26-27H2. The zero-order valence-corrected chi connectivity index (χ0v) is 23.6. The number of benzene rings is 6. The number of phenols is 1. The van der Waals surface area contributed by atoms with E-state index in [2.05, 4.69) is 127 Å². The molecule has 2 nitrogen and oxygen atoms in total. The Morgan fingerprint density at radius 1 is 0.610 bits per heavy atom. The van der Waals surface area contributed by atoms with Crippen LogP contribution in [0.25, 0.3) is 21.9 Å². The molecule has 0 radical (unpaired) electrons. The van der Waals surface area contributed by atoms with Gasteiger partial charge in [0.25, 0.3) is 0 Å². The molecular formula is C38H30NOP. The van der Waals surface area contributed by atoms with Crippen LogP contribution in [0.3, 0.4) is 0 Å². The van der Waals surface area contributed by atoms with Gasteiger partial charge in [0.05, 0.1) is 16.6 Å². The number of fused-ring (bicyclic) bond motifs is 1. The summed E-state index contributed by atoms with van der Waals surface area (Å²) in [6.45, 7) is 0. The summed E-state index contributed by atoms with van der Waals surface area (Å²) in [4.78, 5) is 5.63. The molecule has 0 bridgehead atoms. The van der Waals surface area contributed by atoms with Gasteiger partial charge < -0.3 is 5.11 Å². The van der Waals surface area contributed by atoms with Gasteiger partial charge in [0.15, 0.2) is 0 Å². The van der Waals surface area contributed by atoms with Crippen LogP contribution in [0.2, 0.25) is 0 Å². The molecule has 1 N–H and O–H groups in total. The maximum Gasteiger partial charge on any atom is 0.127 e. The van der Waals surface area contributed by atoms with Gasteiger partial charge in [0.1, 0.15) is 5.75 Å². The van der Waals surface area contributed by atoms with Crippen LogP contribution in [0, 0.1) is 0 Å². The molecule has 1 aliphatic heterocycles. The zero-order chi connectivity index (χ0) is 27.6. The molecule has 0 aromatic heterocycles. The normalized spacial score (nSPS) is 19.5. The van der Waals surface area contributed by atoms with E-state index in [9.17, 15) is 5.11 Å². The molecule has 1 saturated heterocycles. The van der Waals surface area contributed by atoms with E-state index in [1.54, 1.807) is 0 Å². The highest BCUT2D eigenvalue weighted by molar-refractivity contribution is 7.82. The van der Waals surface area contributed by atoms with Gasteiger partial charge in [-0.05, 0) is 48.4 Å². The quantitative estimate of drug-likeness (QED) is 0.214. The van der Waals surface area contributed by atoms with Gasteiger partial charge in [-0.2, -0.15) is 0 Å². The molecule has 198 valence electrons. The Bertz CT molecular complexity index is 1850. The largest absolute Gasteiger partial charge is 0.507 e. The van der Waals surface area contributed by atoms with Crippen LogP contribution in [-0.2, 0) is 5.41 Å². The van der Waals surface area contributed by atoms with E-state index in [1.165, 1.54) is 16.3 Å². The highest BCUT2D eigenvalue weighted by Crippen LogP contribution is 2.60. The van der Waals surface area contributed by atoms with Gasteiger partial charge in [-0.25, -0.2) is 0 Å². The van der Waals surface area contributed by atoms with E-state index in [0.717, 1.165) is 45.8 Å². The van der Waals surface area contributed by atoms with Crippen LogP contribution in [0.15, 0.2) is 157 Å². The van der Waals surface area contributed by atoms with Crippen LogP contribution in [0.1, 0.15) is 17.5 Å². The molecule has 0 saturated carbocycles. The summed E-state index contributed by atoms with van der Waals surface area (Å²) < 4.78 is 0. The summed E-state index contributed by atoms with van der Waals surface area (Å²) in [5.74, 6) is 0.332. The van der Waals surface area contributed by atoms with Crippen LogP contribution in [0.5, 0.6) is 5.75 Å². The lowest BCUT2D eigenvalue weighted by Gasteiger charge is -2.34. The number of phenolic OH excluding ortho intramolecular Hbond substituents is 1. The molecular weight excluding hydrogens is 517 g/mol.